The number of benzene rings is 2. The number of sulfonamides is 1. The van der Waals surface area contributed by atoms with Gasteiger partial charge in [0.05, 0.1) is 11.0 Å². The molecule has 0 heterocycles. The molecule has 7 heteroatoms. The van der Waals surface area contributed by atoms with Crippen LogP contribution in [-0.2, 0) is 10.0 Å². The van der Waals surface area contributed by atoms with Crippen LogP contribution in [0, 0.1) is 5.82 Å². The van der Waals surface area contributed by atoms with Crippen molar-refractivity contribution in [1.29, 1.82) is 0 Å². The van der Waals surface area contributed by atoms with Crippen LogP contribution in [0.5, 0.6) is 0 Å². The summed E-state index contributed by atoms with van der Waals surface area (Å²) in [5, 5.41) is 10.5. The highest BCUT2D eigenvalue weighted by Gasteiger charge is 2.24. The molecule has 4 nitrogen and oxygen atoms in total. The van der Waals surface area contributed by atoms with Crippen LogP contribution in [0.1, 0.15) is 11.7 Å². The van der Waals surface area contributed by atoms with E-state index >= 15 is 0 Å². The molecule has 0 aliphatic carbocycles. The van der Waals surface area contributed by atoms with Gasteiger partial charge in [0.1, 0.15) is 5.82 Å². The standard InChI is InChI=1S/C15H15ClFNO3S/c1-18(10-15(19)13-4-2-3-5-14(13)16)22(20,21)12-8-6-11(17)7-9-12/h2-9,15,19H,10H2,1H3. The molecule has 2 aromatic carbocycles. The van der Waals surface area contributed by atoms with Crippen LogP contribution in [0.25, 0.3) is 0 Å². The fraction of sp³-hybridized carbons (Fsp3) is 0.200. The van der Waals surface area contributed by atoms with Gasteiger partial charge in [-0.2, -0.15) is 4.31 Å². The quantitative estimate of drug-likeness (QED) is 0.908. The number of hydrogen-bond donors (Lipinski definition) is 1. The lowest BCUT2D eigenvalue weighted by molar-refractivity contribution is 0.155. The first kappa shape index (κ1) is 16.9. The first-order chi connectivity index (χ1) is 10.3. The Hall–Kier alpha value is -1.47. The molecule has 0 fully saturated rings. The molecule has 0 aromatic heterocycles. The van der Waals surface area contributed by atoms with Crippen molar-refractivity contribution in [3.8, 4) is 0 Å². The van der Waals surface area contributed by atoms with Crippen molar-refractivity contribution >= 4 is 21.6 Å². The summed E-state index contributed by atoms with van der Waals surface area (Å²) in [6.45, 7) is -0.163. The molecule has 1 N–H and O–H groups in total. The smallest absolute Gasteiger partial charge is 0.242 e. The average Bonchev–Trinajstić information content (AvgIpc) is 2.48. The Bertz CT molecular complexity index is 750. The first-order valence-corrected chi connectivity index (χ1v) is 8.28. The second-order valence-electron chi connectivity index (χ2n) is 4.78. The second-order valence-corrected chi connectivity index (χ2v) is 7.23. The maximum atomic E-state index is 12.9. The molecule has 0 aliphatic rings. The minimum Gasteiger partial charge on any atom is -0.387 e. The molecule has 0 saturated heterocycles. The third-order valence-electron chi connectivity index (χ3n) is 3.22. The minimum atomic E-state index is -3.81. The molecule has 0 bridgehead atoms. The maximum absolute atomic E-state index is 12.9. The zero-order valence-electron chi connectivity index (χ0n) is 11.8. The Kier molecular flexibility index (Phi) is 5.18. The van der Waals surface area contributed by atoms with E-state index in [0.717, 1.165) is 16.4 Å². The van der Waals surface area contributed by atoms with Gasteiger partial charge in [-0.15, -0.1) is 0 Å². The molecular weight excluding hydrogens is 329 g/mol. The monoisotopic (exact) mass is 343 g/mol. The number of likely N-dealkylation sites (N-methyl/N-ethyl adjacent to an activating group) is 1. The highest BCUT2D eigenvalue weighted by molar-refractivity contribution is 7.89. The summed E-state index contributed by atoms with van der Waals surface area (Å²) in [6.07, 6.45) is -1.06. The zero-order valence-corrected chi connectivity index (χ0v) is 13.4. The van der Waals surface area contributed by atoms with Gasteiger partial charge in [-0.05, 0) is 30.3 Å². The zero-order chi connectivity index (χ0) is 16.3. The number of aliphatic hydroxyl groups is 1. The molecule has 0 saturated carbocycles. The van der Waals surface area contributed by atoms with Crippen molar-refractivity contribution in [2.45, 2.75) is 11.0 Å². The normalized spacial score (nSPS) is 13.3. The summed E-state index contributed by atoms with van der Waals surface area (Å²) in [5.41, 5.74) is 0.449. The highest BCUT2D eigenvalue weighted by atomic mass is 35.5. The van der Waals surface area contributed by atoms with Gasteiger partial charge >= 0.3 is 0 Å². The van der Waals surface area contributed by atoms with Gasteiger partial charge in [-0.25, -0.2) is 12.8 Å². The lowest BCUT2D eigenvalue weighted by atomic mass is 10.1. The summed E-state index contributed by atoms with van der Waals surface area (Å²) in [7, 11) is -2.46. The minimum absolute atomic E-state index is 0.0391. The molecule has 1 atom stereocenters. The van der Waals surface area contributed by atoms with Crippen molar-refractivity contribution in [2.75, 3.05) is 13.6 Å². The molecule has 22 heavy (non-hydrogen) atoms. The molecule has 0 radical (unpaired) electrons. The van der Waals surface area contributed by atoms with Crippen LogP contribution in [0.3, 0.4) is 0 Å². The van der Waals surface area contributed by atoms with Gasteiger partial charge < -0.3 is 5.11 Å². The summed E-state index contributed by atoms with van der Waals surface area (Å²) in [4.78, 5) is -0.0391. The molecule has 0 spiro atoms. The lowest BCUT2D eigenvalue weighted by Gasteiger charge is -2.21. The third kappa shape index (κ3) is 3.64. The fourth-order valence-electron chi connectivity index (χ4n) is 1.97. The number of nitrogens with zero attached hydrogens (tertiary/aromatic N) is 1. The summed E-state index contributed by atoms with van der Waals surface area (Å²) in [6, 6.07) is 11.2. The van der Waals surface area contributed by atoms with Crippen molar-refractivity contribution in [1.82, 2.24) is 4.31 Å². The predicted molar refractivity (Wildman–Crippen MR) is 82.6 cm³/mol. The van der Waals surface area contributed by atoms with E-state index in [9.17, 15) is 17.9 Å². The molecule has 2 rings (SSSR count). The number of aliphatic hydroxyl groups excluding tert-OH is 1. The van der Waals surface area contributed by atoms with Crippen molar-refractivity contribution in [3.05, 3.63) is 64.9 Å². The van der Waals surface area contributed by atoms with Gasteiger partial charge in [0, 0.05) is 24.2 Å². The fourth-order valence-corrected chi connectivity index (χ4v) is 3.41. The Labute approximate surface area is 133 Å². The van der Waals surface area contributed by atoms with Crippen molar-refractivity contribution in [2.24, 2.45) is 0 Å². The van der Waals surface area contributed by atoms with Crippen LogP contribution in [0.2, 0.25) is 5.02 Å². The van der Waals surface area contributed by atoms with E-state index < -0.39 is 21.9 Å². The summed E-state index contributed by atoms with van der Waals surface area (Å²) >= 11 is 5.98. The van der Waals surface area contributed by atoms with Crippen LogP contribution in [0.4, 0.5) is 4.39 Å². The summed E-state index contributed by atoms with van der Waals surface area (Å²) in [5.74, 6) is -0.516. The van der Waals surface area contributed by atoms with Crippen molar-refractivity contribution < 1.29 is 17.9 Å². The number of hydrogen-bond acceptors (Lipinski definition) is 3. The molecule has 0 aliphatic heterocycles. The topological polar surface area (TPSA) is 57.6 Å². The SMILES string of the molecule is CN(CC(O)c1ccccc1Cl)S(=O)(=O)c1ccc(F)cc1. The Morgan fingerprint density at radius 1 is 1.18 bits per heavy atom. The Morgan fingerprint density at radius 3 is 2.36 bits per heavy atom. The molecular formula is C15H15ClFNO3S. The third-order valence-corrected chi connectivity index (χ3v) is 5.40. The largest absolute Gasteiger partial charge is 0.387 e. The molecule has 2 aromatic rings. The Morgan fingerprint density at radius 2 is 1.77 bits per heavy atom. The van der Waals surface area contributed by atoms with E-state index in [1.807, 2.05) is 0 Å². The number of rotatable bonds is 5. The van der Waals surface area contributed by atoms with Crippen molar-refractivity contribution in [3.63, 3.8) is 0 Å². The van der Waals surface area contributed by atoms with E-state index in [4.69, 9.17) is 11.6 Å². The van der Waals surface area contributed by atoms with Gasteiger partial charge in [0.15, 0.2) is 0 Å². The van der Waals surface area contributed by atoms with Crippen LogP contribution in [-0.4, -0.2) is 31.4 Å². The first-order valence-electron chi connectivity index (χ1n) is 6.47. The average molecular weight is 344 g/mol. The van der Waals surface area contributed by atoms with E-state index in [1.54, 1.807) is 24.3 Å². The molecule has 0 amide bonds. The second kappa shape index (κ2) is 6.75. The summed E-state index contributed by atoms with van der Waals surface area (Å²) < 4.78 is 38.6. The predicted octanol–water partition coefficient (Wildman–Crippen LogP) is 2.83. The van der Waals surface area contributed by atoms with Crippen LogP contribution >= 0.6 is 11.6 Å². The Balaban J connectivity index is 2.19. The van der Waals surface area contributed by atoms with Gasteiger partial charge in [0.25, 0.3) is 0 Å². The van der Waals surface area contributed by atoms with Gasteiger partial charge in [0.2, 0.25) is 10.0 Å². The molecule has 1 unspecified atom stereocenters. The van der Waals surface area contributed by atoms with Crippen LogP contribution in [0.15, 0.2) is 53.4 Å². The van der Waals surface area contributed by atoms with E-state index in [1.165, 1.54) is 19.2 Å². The van der Waals surface area contributed by atoms with E-state index in [2.05, 4.69) is 0 Å². The van der Waals surface area contributed by atoms with Crippen LogP contribution < -0.4 is 0 Å². The number of halogens is 2. The van der Waals surface area contributed by atoms with E-state index in [0.29, 0.717) is 10.6 Å². The van der Waals surface area contributed by atoms with Gasteiger partial charge in [-0.1, -0.05) is 29.8 Å². The van der Waals surface area contributed by atoms with Gasteiger partial charge in [-0.3, -0.25) is 0 Å². The highest BCUT2D eigenvalue weighted by Crippen LogP contribution is 2.24. The lowest BCUT2D eigenvalue weighted by Crippen LogP contribution is -2.31. The molecule has 118 valence electrons. The van der Waals surface area contributed by atoms with E-state index in [-0.39, 0.29) is 11.4 Å². The maximum Gasteiger partial charge on any atom is 0.242 e.